The lowest BCUT2D eigenvalue weighted by atomic mass is 9.90. The maximum atomic E-state index is 5.32. The lowest BCUT2D eigenvalue weighted by Gasteiger charge is -2.34. The zero-order chi connectivity index (χ0) is 12.5. The van der Waals surface area contributed by atoms with Gasteiger partial charge in [0.05, 0.1) is 0 Å². The molecule has 100 valence electrons. The molecule has 0 aliphatic carbocycles. The molecule has 0 spiro atoms. The van der Waals surface area contributed by atoms with Crippen LogP contribution in [0.15, 0.2) is 4.52 Å². The summed E-state index contributed by atoms with van der Waals surface area (Å²) in [5.41, 5.74) is 0. The van der Waals surface area contributed by atoms with Gasteiger partial charge in [0, 0.05) is 31.0 Å². The van der Waals surface area contributed by atoms with E-state index in [1.165, 1.54) is 25.7 Å². The van der Waals surface area contributed by atoms with Gasteiger partial charge in [-0.25, -0.2) is 0 Å². The standard InChI is InChI=1S/C13H22N4O/c1-14-6-5-12-15-13(16-18-12)9-7-10-3-4-11(8-9)17(10)2/h9-11,14H,3-8H2,1-2H3. The van der Waals surface area contributed by atoms with Crippen LogP contribution in [0.25, 0.3) is 0 Å². The zero-order valence-electron chi connectivity index (χ0n) is 11.2. The van der Waals surface area contributed by atoms with Crippen LogP contribution in [0, 0.1) is 0 Å². The smallest absolute Gasteiger partial charge is 0.227 e. The molecular weight excluding hydrogens is 228 g/mol. The monoisotopic (exact) mass is 250 g/mol. The number of hydrogen-bond donors (Lipinski definition) is 1. The molecule has 5 nitrogen and oxygen atoms in total. The van der Waals surface area contributed by atoms with E-state index in [0.29, 0.717) is 5.92 Å². The third-order valence-electron chi connectivity index (χ3n) is 4.54. The number of nitrogens with one attached hydrogen (secondary N) is 1. The van der Waals surface area contributed by atoms with Crippen molar-refractivity contribution in [2.45, 2.75) is 50.1 Å². The Bertz CT molecular complexity index is 391. The molecule has 18 heavy (non-hydrogen) atoms. The predicted molar refractivity (Wildman–Crippen MR) is 68.5 cm³/mol. The number of fused-ring (bicyclic) bond motifs is 2. The Balaban J connectivity index is 1.66. The number of aromatic nitrogens is 2. The maximum Gasteiger partial charge on any atom is 0.227 e. The van der Waals surface area contributed by atoms with Gasteiger partial charge in [0.15, 0.2) is 5.82 Å². The predicted octanol–water partition coefficient (Wildman–Crippen LogP) is 1.17. The Hall–Kier alpha value is -0.940. The highest BCUT2D eigenvalue weighted by atomic mass is 16.5. The second-order valence-corrected chi connectivity index (χ2v) is 5.62. The zero-order valence-corrected chi connectivity index (χ0v) is 11.2. The van der Waals surface area contributed by atoms with Crippen LogP contribution in [-0.4, -0.2) is 47.8 Å². The second kappa shape index (κ2) is 4.97. The normalized spacial score (nSPS) is 32.0. The van der Waals surface area contributed by atoms with Crippen molar-refractivity contribution >= 4 is 0 Å². The van der Waals surface area contributed by atoms with Gasteiger partial charge in [0.25, 0.3) is 0 Å². The van der Waals surface area contributed by atoms with E-state index < -0.39 is 0 Å². The van der Waals surface area contributed by atoms with E-state index in [2.05, 4.69) is 27.4 Å². The second-order valence-electron chi connectivity index (χ2n) is 5.62. The summed E-state index contributed by atoms with van der Waals surface area (Å²) in [6.45, 7) is 0.889. The Kier molecular flexibility index (Phi) is 3.35. The SMILES string of the molecule is CNCCc1nc(C2CC3CCC(C2)N3C)no1. The van der Waals surface area contributed by atoms with E-state index in [9.17, 15) is 0 Å². The number of nitrogens with zero attached hydrogens (tertiary/aromatic N) is 3. The van der Waals surface area contributed by atoms with Crippen LogP contribution in [0.4, 0.5) is 0 Å². The Labute approximate surface area is 108 Å². The van der Waals surface area contributed by atoms with Gasteiger partial charge >= 0.3 is 0 Å². The summed E-state index contributed by atoms with van der Waals surface area (Å²) < 4.78 is 5.32. The maximum absolute atomic E-state index is 5.32. The lowest BCUT2D eigenvalue weighted by Crippen LogP contribution is -2.39. The fraction of sp³-hybridized carbons (Fsp3) is 0.846. The van der Waals surface area contributed by atoms with Crippen LogP contribution in [0.5, 0.6) is 0 Å². The molecule has 2 fully saturated rings. The first-order valence-electron chi connectivity index (χ1n) is 6.97. The summed E-state index contributed by atoms with van der Waals surface area (Å²) in [7, 11) is 4.19. The summed E-state index contributed by atoms with van der Waals surface area (Å²) in [6, 6.07) is 1.46. The van der Waals surface area contributed by atoms with Gasteiger partial charge in [-0.15, -0.1) is 0 Å². The third kappa shape index (κ3) is 2.17. The highest BCUT2D eigenvalue weighted by Gasteiger charge is 2.40. The highest BCUT2D eigenvalue weighted by molar-refractivity contribution is 5.05. The molecule has 2 bridgehead atoms. The topological polar surface area (TPSA) is 54.2 Å². The minimum absolute atomic E-state index is 0.505. The largest absolute Gasteiger partial charge is 0.339 e. The van der Waals surface area contributed by atoms with Gasteiger partial charge in [-0.3, -0.25) is 0 Å². The molecule has 1 aromatic heterocycles. The van der Waals surface area contributed by atoms with Crippen LogP contribution < -0.4 is 5.32 Å². The third-order valence-corrected chi connectivity index (χ3v) is 4.54. The molecule has 0 aromatic carbocycles. The fourth-order valence-electron chi connectivity index (χ4n) is 3.39. The van der Waals surface area contributed by atoms with Gasteiger partial charge in [-0.2, -0.15) is 4.98 Å². The Morgan fingerprint density at radius 2 is 2.06 bits per heavy atom. The Morgan fingerprint density at radius 1 is 1.33 bits per heavy atom. The summed E-state index contributed by atoms with van der Waals surface area (Å²) in [4.78, 5) is 7.10. The molecule has 3 rings (SSSR count). The van der Waals surface area contributed by atoms with Gasteiger partial charge in [-0.1, -0.05) is 5.16 Å². The molecule has 3 heterocycles. The number of piperidine rings is 1. The molecular formula is C13H22N4O. The minimum atomic E-state index is 0.505. The molecule has 2 aliphatic rings. The van der Waals surface area contributed by atoms with Gasteiger partial charge in [0.1, 0.15) is 0 Å². The molecule has 0 radical (unpaired) electrons. The van der Waals surface area contributed by atoms with E-state index in [1.807, 2.05) is 7.05 Å². The highest BCUT2D eigenvalue weighted by Crippen LogP contribution is 2.41. The van der Waals surface area contributed by atoms with E-state index in [-0.39, 0.29) is 0 Å². The first kappa shape index (κ1) is 12.1. The molecule has 5 heteroatoms. The molecule has 2 aliphatic heterocycles. The first-order valence-corrected chi connectivity index (χ1v) is 6.97. The van der Waals surface area contributed by atoms with Gasteiger partial charge in [-0.05, 0) is 39.8 Å². The van der Waals surface area contributed by atoms with Crippen molar-refractivity contribution in [1.82, 2.24) is 20.4 Å². The molecule has 2 atom stereocenters. The van der Waals surface area contributed by atoms with Crippen LogP contribution in [0.3, 0.4) is 0 Å². The molecule has 0 amide bonds. The first-order chi connectivity index (χ1) is 8.78. The summed E-state index contributed by atoms with van der Waals surface area (Å²) in [5, 5.41) is 7.28. The van der Waals surface area contributed by atoms with E-state index >= 15 is 0 Å². The molecule has 1 N–H and O–H groups in total. The van der Waals surface area contributed by atoms with Crippen LogP contribution in [0.2, 0.25) is 0 Å². The van der Waals surface area contributed by atoms with Crippen LogP contribution in [-0.2, 0) is 6.42 Å². The quantitative estimate of drug-likeness (QED) is 0.869. The van der Waals surface area contributed by atoms with Crippen molar-refractivity contribution in [3.05, 3.63) is 11.7 Å². The average molecular weight is 250 g/mol. The van der Waals surface area contributed by atoms with Crippen molar-refractivity contribution < 1.29 is 4.52 Å². The van der Waals surface area contributed by atoms with Gasteiger partial charge in [0.2, 0.25) is 5.89 Å². The average Bonchev–Trinajstić information content (AvgIpc) is 2.90. The van der Waals surface area contributed by atoms with Crippen molar-refractivity contribution in [2.75, 3.05) is 20.6 Å². The summed E-state index contributed by atoms with van der Waals surface area (Å²) >= 11 is 0. The van der Waals surface area contributed by atoms with E-state index in [4.69, 9.17) is 4.52 Å². The summed E-state index contributed by atoms with van der Waals surface area (Å²) in [6.07, 6.45) is 5.88. The molecule has 0 saturated carbocycles. The van der Waals surface area contributed by atoms with Crippen molar-refractivity contribution in [2.24, 2.45) is 0 Å². The number of hydrogen-bond acceptors (Lipinski definition) is 5. The molecule has 2 unspecified atom stereocenters. The molecule has 1 aromatic rings. The van der Waals surface area contributed by atoms with Crippen molar-refractivity contribution in [3.63, 3.8) is 0 Å². The number of likely N-dealkylation sites (N-methyl/N-ethyl adjacent to an activating group) is 1. The number of rotatable bonds is 4. The van der Waals surface area contributed by atoms with Crippen molar-refractivity contribution in [3.8, 4) is 0 Å². The fourth-order valence-corrected chi connectivity index (χ4v) is 3.39. The lowest BCUT2D eigenvalue weighted by molar-refractivity contribution is 0.157. The minimum Gasteiger partial charge on any atom is -0.339 e. The van der Waals surface area contributed by atoms with E-state index in [1.54, 1.807) is 0 Å². The van der Waals surface area contributed by atoms with E-state index in [0.717, 1.165) is 36.8 Å². The summed E-state index contributed by atoms with van der Waals surface area (Å²) in [5.74, 6) is 2.21. The molecule has 2 saturated heterocycles. The Morgan fingerprint density at radius 3 is 2.72 bits per heavy atom. The van der Waals surface area contributed by atoms with Crippen LogP contribution >= 0.6 is 0 Å². The van der Waals surface area contributed by atoms with Gasteiger partial charge < -0.3 is 14.7 Å². The van der Waals surface area contributed by atoms with Crippen LogP contribution in [0.1, 0.15) is 43.3 Å². The van der Waals surface area contributed by atoms with Crippen molar-refractivity contribution in [1.29, 1.82) is 0 Å².